The van der Waals surface area contributed by atoms with Gasteiger partial charge in [-0.1, -0.05) is 6.07 Å². The van der Waals surface area contributed by atoms with E-state index in [1.54, 1.807) is 11.3 Å². The fraction of sp³-hybridized carbons (Fsp3) is 0.500. The Labute approximate surface area is 115 Å². The molecule has 1 aromatic rings. The van der Waals surface area contributed by atoms with Crippen molar-refractivity contribution in [1.29, 1.82) is 0 Å². The van der Waals surface area contributed by atoms with Crippen LogP contribution in [0, 0.1) is 0 Å². The number of ether oxygens (including phenoxy) is 1. The van der Waals surface area contributed by atoms with Gasteiger partial charge in [-0.2, -0.15) is 0 Å². The molecule has 0 saturated heterocycles. The predicted molar refractivity (Wildman–Crippen MR) is 72.5 cm³/mol. The molecule has 19 heavy (non-hydrogen) atoms. The summed E-state index contributed by atoms with van der Waals surface area (Å²) in [4.78, 5) is 23.6. The molecule has 1 aromatic heterocycles. The number of carboxylic acids is 1. The Morgan fingerprint density at radius 2 is 2.32 bits per heavy atom. The van der Waals surface area contributed by atoms with Crippen molar-refractivity contribution in [3.8, 4) is 0 Å². The third-order valence-electron chi connectivity index (χ3n) is 2.45. The van der Waals surface area contributed by atoms with Crippen molar-refractivity contribution in [2.75, 3.05) is 20.3 Å². The molecule has 1 atom stereocenters. The van der Waals surface area contributed by atoms with Crippen LogP contribution in [0.15, 0.2) is 17.5 Å². The third-order valence-corrected chi connectivity index (χ3v) is 3.39. The molecule has 0 aromatic carbocycles. The topological polar surface area (TPSA) is 87.7 Å². The number of carbonyl (C=O) groups excluding carboxylic acids is 1. The van der Waals surface area contributed by atoms with Gasteiger partial charge in [0.2, 0.25) is 0 Å². The van der Waals surface area contributed by atoms with E-state index in [0.29, 0.717) is 6.54 Å². The summed E-state index contributed by atoms with van der Waals surface area (Å²) in [6, 6.07) is 2.54. The molecule has 0 fully saturated rings. The largest absolute Gasteiger partial charge is 0.480 e. The highest BCUT2D eigenvalue weighted by Gasteiger charge is 2.19. The lowest BCUT2D eigenvalue weighted by molar-refractivity contribution is -0.139. The number of thiophene rings is 1. The summed E-state index contributed by atoms with van der Waals surface area (Å²) in [5.41, 5.74) is 0. The van der Waals surface area contributed by atoms with Crippen LogP contribution in [0.1, 0.15) is 11.3 Å². The first-order chi connectivity index (χ1) is 9.13. The Morgan fingerprint density at radius 3 is 2.89 bits per heavy atom. The van der Waals surface area contributed by atoms with E-state index in [9.17, 15) is 9.59 Å². The number of nitrogens with one attached hydrogen (secondary N) is 2. The molecule has 2 amide bonds. The van der Waals surface area contributed by atoms with Crippen molar-refractivity contribution < 1.29 is 19.4 Å². The summed E-state index contributed by atoms with van der Waals surface area (Å²) in [7, 11) is 1.49. The average molecular weight is 286 g/mol. The minimum absolute atomic E-state index is 0.240. The molecule has 106 valence electrons. The zero-order valence-corrected chi connectivity index (χ0v) is 11.5. The smallest absolute Gasteiger partial charge is 0.326 e. The van der Waals surface area contributed by atoms with Crippen molar-refractivity contribution in [3.63, 3.8) is 0 Å². The number of aliphatic carboxylic acids is 1. The minimum Gasteiger partial charge on any atom is -0.480 e. The van der Waals surface area contributed by atoms with E-state index in [4.69, 9.17) is 9.84 Å². The lowest BCUT2D eigenvalue weighted by Crippen LogP contribution is -2.46. The van der Waals surface area contributed by atoms with Crippen LogP contribution in [0.5, 0.6) is 0 Å². The summed E-state index contributed by atoms with van der Waals surface area (Å²) < 4.78 is 4.80. The second-order valence-corrected chi connectivity index (χ2v) is 4.93. The highest BCUT2D eigenvalue weighted by Crippen LogP contribution is 2.07. The van der Waals surface area contributed by atoms with E-state index < -0.39 is 18.0 Å². The second kappa shape index (κ2) is 8.49. The first-order valence-electron chi connectivity index (χ1n) is 5.92. The van der Waals surface area contributed by atoms with Crippen LogP contribution in [0.2, 0.25) is 0 Å². The van der Waals surface area contributed by atoms with Gasteiger partial charge in [0, 0.05) is 31.6 Å². The Kier molecular flexibility index (Phi) is 6.91. The van der Waals surface area contributed by atoms with Gasteiger partial charge in [0.05, 0.1) is 0 Å². The fourth-order valence-corrected chi connectivity index (χ4v) is 2.17. The number of urea groups is 1. The molecular weight excluding hydrogens is 268 g/mol. The fourth-order valence-electron chi connectivity index (χ4n) is 1.46. The van der Waals surface area contributed by atoms with Crippen molar-refractivity contribution >= 4 is 23.3 Å². The SMILES string of the molecule is COCCC(NC(=O)NCCc1cccs1)C(=O)O. The Morgan fingerprint density at radius 1 is 1.53 bits per heavy atom. The average Bonchev–Trinajstić information content (AvgIpc) is 2.87. The number of carboxylic acid groups (broad SMARTS) is 1. The molecule has 0 saturated carbocycles. The molecule has 0 radical (unpaired) electrons. The standard InChI is InChI=1S/C12H18N2O4S/c1-18-7-5-10(11(15)16)14-12(17)13-6-4-9-3-2-8-19-9/h2-3,8,10H,4-7H2,1H3,(H,15,16)(H2,13,14,17). The van der Waals surface area contributed by atoms with E-state index in [1.807, 2.05) is 17.5 Å². The molecule has 1 rings (SSSR count). The van der Waals surface area contributed by atoms with E-state index in [-0.39, 0.29) is 13.0 Å². The van der Waals surface area contributed by atoms with Crippen LogP contribution >= 0.6 is 11.3 Å². The maximum absolute atomic E-state index is 11.5. The van der Waals surface area contributed by atoms with Crippen molar-refractivity contribution in [2.24, 2.45) is 0 Å². The van der Waals surface area contributed by atoms with Gasteiger partial charge in [0.15, 0.2) is 0 Å². The normalized spacial score (nSPS) is 11.8. The zero-order valence-electron chi connectivity index (χ0n) is 10.7. The van der Waals surface area contributed by atoms with Gasteiger partial charge in [0.1, 0.15) is 6.04 Å². The Balaban J connectivity index is 2.25. The van der Waals surface area contributed by atoms with Gasteiger partial charge in [0.25, 0.3) is 0 Å². The van der Waals surface area contributed by atoms with E-state index in [2.05, 4.69) is 10.6 Å². The van der Waals surface area contributed by atoms with Gasteiger partial charge < -0.3 is 20.5 Å². The van der Waals surface area contributed by atoms with Crippen LogP contribution in [-0.2, 0) is 16.0 Å². The molecule has 1 heterocycles. The monoisotopic (exact) mass is 286 g/mol. The number of amides is 2. The third kappa shape index (κ3) is 6.21. The number of rotatable bonds is 8. The number of hydrogen-bond donors (Lipinski definition) is 3. The van der Waals surface area contributed by atoms with Gasteiger partial charge in [-0.05, 0) is 17.9 Å². The molecule has 1 unspecified atom stereocenters. The molecular formula is C12H18N2O4S. The van der Waals surface area contributed by atoms with Crippen LogP contribution in [0.3, 0.4) is 0 Å². The van der Waals surface area contributed by atoms with Crippen LogP contribution in [0.25, 0.3) is 0 Å². The summed E-state index contributed by atoms with van der Waals surface area (Å²) in [5, 5.41) is 15.9. The lowest BCUT2D eigenvalue weighted by Gasteiger charge is -2.14. The van der Waals surface area contributed by atoms with Crippen LogP contribution < -0.4 is 10.6 Å². The van der Waals surface area contributed by atoms with Gasteiger partial charge in [-0.3, -0.25) is 0 Å². The predicted octanol–water partition coefficient (Wildman–Crippen LogP) is 1.08. The maximum Gasteiger partial charge on any atom is 0.326 e. The van der Waals surface area contributed by atoms with Crippen LogP contribution in [-0.4, -0.2) is 43.4 Å². The van der Waals surface area contributed by atoms with Gasteiger partial charge in [-0.25, -0.2) is 9.59 Å². The van der Waals surface area contributed by atoms with E-state index >= 15 is 0 Å². The first kappa shape index (κ1) is 15.5. The maximum atomic E-state index is 11.5. The molecule has 6 nitrogen and oxygen atoms in total. The molecule has 0 bridgehead atoms. The van der Waals surface area contributed by atoms with Gasteiger partial charge >= 0.3 is 12.0 Å². The highest BCUT2D eigenvalue weighted by atomic mass is 32.1. The summed E-state index contributed by atoms with van der Waals surface area (Å²) in [6.07, 6.45) is 0.977. The molecule has 7 heteroatoms. The van der Waals surface area contributed by atoms with Crippen molar-refractivity contribution in [3.05, 3.63) is 22.4 Å². The Bertz CT molecular complexity index is 394. The summed E-state index contributed by atoms with van der Waals surface area (Å²) in [5.74, 6) is -1.06. The number of carbonyl (C=O) groups is 2. The second-order valence-electron chi connectivity index (χ2n) is 3.90. The van der Waals surface area contributed by atoms with E-state index in [1.165, 1.54) is 12.0 Å². The summed E-state index contributed by atoms with van der Waals surface area (Å²) >= 11 is 1.62. The highest BCUT2D eigenvalue weighted by molar-refractivity contribution is 7.09. The minimum atomic E-state index is -1.06. The molecule has 0 aliphatic carbocycles. The Hall–Kier alpha value is -1.60. The van der Waals surface area contributed by atoms with Crippen molar-refractivity contribution in [2.45, 2.75) is 18.9 Å². The van der Waals surface area contributed by atoms with Crippen LogP contribution in [0.4, 0.5) is 4.79 Å². The first-order valence-corrected chi connectivity index (χ1v) is 6.80. The van der Waals surface area contributed by atoms with Gasteiger partial charge in [-0.15, -0.1) is 11.3 Å². The van der Waals surface area contributed by atoms with Crippen molar-refractivity contribution in [1.82, 2.24) is 10.6 Å². The summed E-state index contributed by atoms with van der Waals surface area (Å²) in [6.45, 7) is 0.759. The molecule has 3 N–H and O–H groups in total. The lowest BCUT2D eigenvalue weighted by atomic mass is 10.2. The quantitative estimate of drug-likeness (QED) is 0.667. The zero-order chi connectivity index (χ0) is 14.1. The number of methoxy groups -OCH3 is 1. The molecule has 0 aliphatic rings. The van der Waals surface area contributed by atoms with E-state index in [0.717, 1.165) is 6.42 Å². The molecule has 0 aliphatic heterocycles. The molecule has 0 spiro atoms. The number of hydrogen-bond acceptors (Lipinski definition) is 4.